The summed E-state index contributed by atoms with van der Waals surface area (Å²) in [6, 6.07) is 14.8. The molecule has 26 heavy (non-hydrogen) atoms. The Hall–Kier alpha value is -2.73. The summed E-state index contributed by atoms with van der Waals surface area (Å²) in [6.45, 7) is 6.56. The van der Waals surface area contributed by atoms with Gasteiger partial charge in [0.2, 0.25) is 0 Å². The van der Waals surface area contributed by atoms with Crippen LogP contribution in [0.2, 0.25) is 0 Å². The number of hydrogen-bond donors (Lipinski definition) is 2. The number of aryl methyl sites for hydroxylation is 1. The summed E-state index contributed by atoms with van der Waals surface area (Å²) < 4.78 is 0. The SMILES string of the molecule is CCc1ccc([C@H]([NH2+]CC(=O)Nc2ccccc2[N+](=O)[O-])C(C)C)cc1. The summed E-state index contributed by atoms with van der Waals surface area (Å²) >= 11 is 0. The Kier molecular flexibility index (Phi) is 6.86. The third-order valence-corrected chi connectivity index (χ3v) is 4.42. The Morgan fingerprint density at radius 3 is 2.38 bits per heavy atom. The van der Waals surface area contributed by atoms with Gasteiger partial charge in [0.25, 0.3) is 11.6 Å². The molecule has 6 heteroatoms. The first-order chi connectivity index (χ1) is 12.4. The van der Waals surface area contributed by atoms with Crippen LogP contribution >= 0.6 is 0 Å². The number of carbonyl (C=O) groups excluding carboxylic acids is 1. The molecule has 0 unspecified atom stereocenters. The Labute approximate surface area is 153 Å². The molecule has 0 aliphatic rings. The molecule has 0 fully saturated rings. The van der Waals surface area contributed by atoms with Crippen molar-refractivity contribution in [2.24, 2.45) is 5.92 Å². The lowest BCUT2D eigenvalue weighted by Gasteiger charge is -2.19. The number of amides is 1. The van der Waals surface area contributed by atoms with Crippen molar-refractivity contribution in [2.45, 2.75) is 33.2 Å². The minimum absolute atomic E-state index is 0.101. The van der Waals surface area contributed by atoms with E-state index in [2.05, 4.69) is 50.4 Å². The third kappa shape index (κ3) is 5.13. The van der Waals surface area contributed by atoms with E-state index in [1.54, 1.807) is 18.2 Å². The number of rotatable bonds is 8. The fraction of sp³-hybridized carbons (Fsp3) is 0.350. The molecule has 0 saturated carbocycles. The van der Waals surface area contributed by atoms with Crippen LogP contribution in [0.1, 0.15) is 37.9 Å². The number of nitrogens with zero attached hydrogens (tertiary/aromatic N) is 1. The first kappa shape index (κ1) is 19.6. The second-order valence-electron chi connectivity index (χ2n) is 6.63. The Bertz CT molecular complexity index is 757. The summed E-state index contributed by atoms with van der Waals surface area (Å²) in [6.07, 6.45) is 0.995. The average Bonchev–Trinajstić information content (AvgIpc) is 2.62. The number of nitro benzene ring substituents is 1. The normalized spacial score (nSPS) is 12.0. The lowest BCUT2D eigenvalue weighted by Crippen LogP contribution is -2.88. The van der Waals surface area contributed by atoms with Gasteiger partial charge < -0.3 is 10.6 Å². The molecule has 2 aromatic carbocycles. The molecule has 6 nitrogen and oxygen atoms in total. The van der Waals surface area contributed by atoms with Crippen LogP contribution in [0, 0.1) is 16.0 Å². The lowest BCUT2D eigenvalue weighted by atomic mass is 9.95. The molecule has 138 valence electrons. The van der Waals surface area contributed by atoms with E-state index in [1.165, 1.54) is 17.2 Å². The zero-order valence-corrected chi connectivity index (χ0v) is 15.4. The fourth-order valence-corrected chi connectivity index (χ4v) is 2.94. The molecule has 1 amide bonds. The van der Waals surface area contributed by atoms with Crippen molar-refractivity contribution in [1.29, 1.82) is 0 Å². The molecular weight excluding hydrogens is 330 g/mol. The fourth-order valence-electron chi connectivity index (χ4n) is 2.94. The number of benzene rings is 2. The van der Waals surface area contributed by atoms with Crippen molar-refractivity contribution in [3.63, 3.8) is 0 Å². The number of nitro groups is 1. The molecule has 3 N–H and O–H groups in total. The minimum Gasteiger partial charge on any atom is -0.332 e. The molecule has 0 spiro atoms. The largest absolute Gasteiger partial charge is 0.332 e. The van der Waals surface area contributed by atoms with Gasteiger partial charge in [0.05, 0.1) is 4.92 Å². The second-order valence-corrected chi connectivity index (χ2v) is 6.63. The van der Waals surface area contributed by atoms with Crippen molar-refractivity contribution < 1.29 is 15.0 Å². The zero-order chi connectivity index (χ0) is 19.1. The highest BCUT2D eigenvalue weighted by Gasteiger charge is 2.21. The van der Waals surface area contributed by atoms with Crippen LogP contribution < -0.4 is 10.6 Å². The van der Waals surface area contributed by atoms with Gasteiger partial charge in [-0.1, -0.05) is 57.2 Å². The molecule has 0 aliphatic heterocycles. The van der Waals surface area contributed by atoms with Crippen LogP contribution in [0.15, 0.2) is 48.5 Å². The topological polar surface area (TPSA) is 88.8 Å². The summed E-state index contributed by atoms with van der Waals surface area (Å²) in [5.74, 6) is 0.0940. The highest BCUT2D eigenvalue weighted by Crippen LogP contribution is 2.23. The molecule has 0 saturated heterocycles. The maximum atomic E-state index is 12.3. The number of nitrogens with one attached hydrogen (secondary N) is 1. The third-order valence-electron chi connectivity index (χ3n) is 4.42. The molecule has 0 radical (unpaired) electrons. The number of para-hydroxylation sites is 2. The van der Waals surface area contributed by atoms with Gasteiger partial charge in [-0.05, 0) is 18.1 Å². The molecule has 2 aromatic rings. The van der Waals surface area contributed by atoms with E-state index < -0.39 is 4.92 Å². The highest BCUT2D eigenvalue weighted by atomic mass is 16.6. The van der Waals surface area contributed by atoms with E-state index in [0.29, 0.717) is 5.92 Å². The lowest BCUT2D eigenvalue weighted by molar-refractivity contribution is -0.692. The van der Waals surface area contributed by atoms with Gasteiger partial charge in [0, 0.05) is 17.5 Å². The molecule has 0 aliphatic carbocycles. The van der Waals surface area contributed by atoms with Gasteiger partial charge in [-0.25, -0.2) is 0 Å². The summed E-state index contributed by atoms with van der Waals surface area (Å²) in [4.78, 5) is 22.8. The van der Waals surface area contributed by atoms with Crippen LogP contribution in [0.3, 0.4) is 0 Å². The first-order valence-corrected chi connectivity index (χ1v) is 8.87. The van der Waals surface area contributed by atoms with E-state index >= 15 is 0 Å². The van der Waals surface area contributed by atoms with Crippen LogP contribution in [-0.2, 0) is 11.2 Å². The number of hydrogen-bond acceptors (Lipinski definition) is 3. The van der Waals surface area contributed by atoms with Gasteiger partial charge in [0.1, 0.15) is 11.7 Å². The smallest absolute Gasteiger partial charge is 0.292 e. The molecule has 0 heterocycles. The van der Waals surface area contributed by atoms with Crippen molar-refractivity contribution in [1.82, 2.24) is 0 Å². The van der Waals surface area contributed by atoms with Gasteiger partial charge >= 0.3 is 0 Å². The molecule has 0 aromatic heterocycles. The number of quaternary nitrogens is 1. The monoisotopic (exact) mass is 356 g/mol. The summed E-state index contributed by atoms with van der Waals surface area (Å²) in [7, 11) is 0. The maximum absolute atomic E-state index is 12.3. The van der Waals surface area contributed by atoms with Crippen LogP contribution in [0.4, 0.5) is 11.4 Å². The van der Waals surface area contributed by atoms with E-state index in [-0.39, 0.29) is 29.9 Å². The maximum Gasteiger partial charge on any atom is 0.292 e. The van der Waals surface area contributed by atoms with Crippen molar-refractivity contribution in [2.75, 3.05) is 11.9 Å². The Morgan fingerprint density at radius 1 is 1.15 bits per heavy atom. The number of anilines is 1. The minimum atomic E-state index is -0.495. The predicted molar refractivity (Wildman–Crippen MR) is 102 cm³/mol. The Balaban J connectivity index is 2.02. The van der Waals surface area contributed by atoms with Crippen molar-refractivity contribution in [3.05, 3.63) is 69.8 Å². The second kappa shape index (κ2) is 9.10. The van der Waals surface area contributed by atoms with E-state index in [1.807, 2.05) is 5.32 Å². The number of carbonyl (C=O) groups is 1. The first-order valence-electron chi connectivity index (χ1n) is 8.87. The molecule has 2 rings (SSSR count). The molecule has 0 bridgehead atoms. The summed E-state index contributed by atoms with van der Waals surface area (Å²) in [5, 5.41) is 15.7. The van der Waals surface area contributed by atoms with Crippen LogP contribution in [0.25, 0.3) is 0 Å². The zero-order valence-electron chi connectivity index (χ0n) is 15.4. The van der Waals surface area contributed by atoms with Gasteiger partial charge in [-0.3, -0.25) is 14.9 Å². The standard InChI is InChI=1S/C20H25N3O3/c1-4-15-9-11-16(12-10-15)20(14(2)3)21-13-19(24)22-17-7-5-6-8-18(17)23(25)26/h5-12,14,20-21H,4,13H2,1-3H3,(H,22,24)/p+1/t20-/m1/s1. The van der Waals surface area contributed by atoms with E-state index in [9.17, 15) is 14.9 Å². The molecular formula is C20H26N3O3+. The Morgan fingerprint density at radius 2 is 1.81 bits per heavy atom. The molecule has 1 atom stereocenters. The van der Waals surface area contributed by atoms with Gasteiger partial charge in [-0.2, -0.15) is 0 Å². The number of nitrogens with two attached hydrogens (primary N) is 1. The quantitative estimate of drug-likeness (QED) is 0.563. The van der Waals surface area contributed by atoms with E-state index in [4.69, 9.17) is 0 Å². The highest BCUT2D eigenvalue weighted by molar-refractivity contribution is 5.93. The van der Waals surface area contributed by atoms with Gasteiger partial charge in [0.15, 0.2) is 6.54 Å². The van der Waals surface area contributed by atoms with Crippen molar-refractivity contribution >= 4 is 17.3 Å². The van der Waals surface area contributed by atoms with E-state index in [0.717, 1.165) is 6.42 Å². The van der Waals surface area contributed by atoms with Gasteiger partial charge in [-0.15, -0.1) is 0 Å². The summed E-state index contributed by atoms with van der Waals surface area (Å²) in [5.41, 5.74) is 2.58. The predicted octanol–water partition coefficient (Wildman–Crippen LogP) is 3.06. The average molecular weight is 356 g/mol. The van der Waals surface area contributed by atoms with Crippen molar-refractivity contribution in [3.8, 4) is 0 Å². The van der Waals surface area contributed by atoms with Crippen LogP contribution in [0.5, 0.6) is 0 Å². The van der Waals surface area contributed by atoms with Crippen LogP contribution in [-0.4, -0.2) is 17.4 Å².